The van der Waals surface area contributed by atoms with Crippen LogP contribution in [0.4, 0.5) is 0 Å². The molecule has 0 spiro atoms. The zero-order chi connectivity index (χ0) is 68.8. The standard InChI is InChI=1S/C47H32N2.C25H19BO2.C22H15BrN2.CH4/c1-5-16-33(17-6-1)44-32-45(49-46(48-44)34-18-7-2-8-19-34)37-21-15-20-35(30-37)36-28-29-41-40-26-13-14-27-42(40)47(43(41)31-36,38-22-9-3-10-23-38)39-24-11-4-12-25-39;27-26(28)20-15-16-22-21-13-7-8-14-23(21)25(24(22)17-20,18-9-3-1-4-10-18)19-11-5-2-6-12-19;23-19-13-7-12-18(14-19)21-15-20(16-8-3-1-4-9-16)24-22(25-21)17-10-5-2-6-11-17;/h1-32H;1-17,27-28H;1-15H;1H4. The average Bonchev–Trinajstić information content (AvgIpc) is 1.55. The van der Waals surface area contributed by atoms with Crippen LogP contribution in [0.5, 0.6) is 0 Å². The molecule has 2 heterocycles. The molecule has 2 aliphatic carbocycles. The van der Waals surface area contributed by atoms with E-state index >= 15 is 0 Å². The van der Waals surface area contributed by atoms with Gasteiger partial charge >= 0.3 is 7.12 Å². The molecule has 0 fully saturated rings. The van der Waals surface area contributed by atoms with E-state index < -0.39 is 17.9 Å². The molecule has 103 heavy (non-hydrogen) atoms. The third-order valence-corrected chi connectivity index (χ3v) is 20.0. The van der Waals surface area contributed by atoms with Gasteiger partial charge in [-0.1, -0.05) is 375 Å². The lowest BCUT2D eigenvalue weighted by atomic mass is 9.66. The molecule has 0 aliphatic heterocycles. The molecule has 0 radical (unpaired) electrons. The zero-order valence-corrected chi connectivity index (χ0v) is 57.2. The first-order valence-electron chi connectivity index (χ1n) is 34.2. The van der Waals surface area contributed by atoms with Crippen molar-refractivity contribution in [2.24, 2.45) is 0 Å². The van der Waals surface area contributed by atoms with Crippen LogP contribution in [-0.2, 0) is 10.8 Å². The van der Waals surface area contributed by atoms with Crippen molar-refractivity contribution in [3.05, 3.63) is 437 Å². The number of nitrogens with zero attached hydrogens (tertiary/aromatic N) is 4. The van der Waals surface area contributed by atoms with Crippen LogP contribution in [0, 0.1) is 0 Å². The normalized spacial score (nSPS) is 12.3. The smallest absolute Gasteiger partial charge is 0.423 e. The fourth-order valence-corrected chi connectivity index (χ4v) is 15.3. The Morgan fingerprint density at radius 2 is 0.534 bits per heavy atom. The lowest BCUT2D eigenvalue weighted by Crippen LogP contribution is -2.33. The number of fused-ring (bicyclic) bond motifs is 6. The van der Waals surface area contributed by atoms with Crippen molar-refractivity contribution in [1.82, 2.24) is 19.9 Å². The first kappa shape index (κ1) is 66.6. The van der Waals surface area contributed by atoms with Gasteiger partial charge in [0.2, 0.25) is 0 Å². The van der Waals surface area contributed by atoms with Crippen molar-refractivity contribution in [2.75, 3.05) is 0 Å². The van der Waals surface area contributed by atoms with E-state index in [1.165, 1.54) is 50.1 Å². The fourth-order valence-electron chi connectivity index (χ4n) is 14.9. The highest BCUT2D eigenvalue weighted by Crippen LogP contribution is 2.58. The molecule has 2 N–H and O–H groups in total. The topological polar surface area (TPSA) is 92.0 Å². The maximum absolute atomic E-state index is 9.84. The molecule has 0 saturated heterocycles. The third-order valence-electron chi connectivity index (χ3n) is 19.5. The van der Waals surface area contributed by atoms with E-state index in [1.54, 1.807) is 6.07 Å². The maximum atomic E-state index is 9.84. The van der Waals surface area contributed by atoms with Crippen LogP contribution in [-0.4, -0.2) is 37.1 Å². The van der Waals surface area contributed by atoms with Gasteiger partial charge in [0, 0.05) is 37.9 Å². The van der Waals surface area contributed by atoms with Crippen molar-refractivity contribution < 1.29 is 10.0 Å². The molecule has 18 rings (SSSR count). The summed E-state index contributed by atoms with van der Waals surface area (Å²) in [5, 5.41) is 19.7. The average molecular weight is 1390 g/mol. The van der Waals surface area contributed by atoms with Gasteiger partial charge in [-0.2, -0.15) is 0 Å². The Kier molecular flexibility index (Phi) is 19.1. The number of halogens is 1. The number of aromatic nitrogens is 4. The molecule has 6 nitrogen and oxygen atoms in total. The summed E-state index contributed by atoms with van der Waals surface area (Å²) in [6.45, 7) is 0. The van der Waals surface area contributed by atoms with Crippen molar-refractivity contribution in [2.45, 2.75) is 18.3 Å². The molecule has 2 aromatic heterocycles. The van der Waals surface area contributed by atoms with Gasteiger partial charge in [-0.3, -0.25) is 0 Å². The summed E-state index contributed by atoms with van der Waals surface area (Å²) < 4.78 is 1.03. The Morgan fingerprint density at radius 1 is 0.233 bits per heavy atom. The van der Waals surface area contributed by atoms with Gasteiger partial charge < -0.3 is 10.0 Å². The van der Waals surface area contributed by atoms with E-state index in [0.717, 1.165) is 94.3 Å². The van der Waals surface area contributed by atoms with E-state index in [2.05, 4.69) is 283 Å². The van der Waals surface area contributed by atoms with E-state index in [4.69, 9.17) is 19.9 Å². The van der Waals surface area contributed by atoms with Gasteiger partial charge in [-0.25, -0.2) is 19.9 Å². The first-order chi connectivity index (χ1) is 50.3. The first-order valence-corrected chi connectivity index (χ1v) is 35.0. The van der Waals surface area contributed by atoms with Crippen molar-refractivity contribution in [3.63, 3.8) is 0 Å². The molecule has 14 aromatic carbocycles. The summed E-state index contributed by atoms with van der Waals surface area (Å²) in [5.74, 6) is 1.45. The summed E-state index contributed by atoms with van der Waals surface area (Å²) in [4.78, 5) is 19.7. The summed E-state index contributed by atoms with van der Waals surface area (Å²) in [5.41, 5.74) is 26.4. The molecular formula is C95H70BBrN4O2. The van der Waals surface area contributed by atoms with Crippen molar-refractivity contribution in [3.8, 4) is 101 Å². The summed E-state index contributed by atoms with van der Waals surface area (Å²) >= 11 is 3.54. The van der Waals surface area contributed by atoms with E-state index in [9.17, 15) is 10.0 Å². The fraction of sp³-hybridized carbons (Fsp3) is 0.0316. The van der Waals surface area contributed by atoms with Crippen LogP contribution in [0.15, 0.2) is 393 Å². The highest BCUT2D eigenvalue weighted by atomic mass is 79.9. The molecule has 0 unspecified atom stereocenters. The minimum atomic E-state index is -1.50. The van der Waals surface area contributed by atoms with Crippen LogP contribution >= 0.6 is 15.9 Å². The highest BCUT2D eigenvalue weighted by Gasteiger charge is 2.48. The van der Waals surface area contributed by atoms with Crippen LogP contribution in [0.2, 0.25) is 0 Å². The number of benzene rings is 14. The van der Waals surface area contributed by atoms with E-state index in [-0.39, 0.29) is 7.43 Å². The summed E-state index contributed by atoms with van der Waals surface area (Å²) in [7, 11) is -1.50. The molecule has 0 bridgehead atoms. The lowest BCUT2D eigenvalue weighted by molar-refractivity contribution is 0.425. The predicted molar refractivity (Wildman–Crippen MR) is 427 cm³/mol. The number of hydrogen-bond donors (Lipinski definition) is 2. The molecule has 0 amide bonds. The number of hydrogen-bond acceptors (Lipinski definition) is 6. The molecule has 2 aliphatic rings. The minimum Gasteiger partial charge on any atom is -0.423 e. The Bertz CT molecular complexity index is 5420. The van der Waals surface area contributed by atoms with Crippen molar-refractivity contribution >= 4 is 28.5 Å². The second kappa shape index (κ2) is 29.5. The maximum Gasteiger partial charge on any atom is 0.488 e. The van der Waals surface area contributed by atoms with Crippen LogP contribution < -0.4 is 5.46 Å². The van der Waals surface area contributed by atoms with E-state index in [0.29, 0.717) is 11.3 Å². The summed E-state index contributed by atoms with van der Waals surface area (Å²) in [6, 6.07) is 135. The SMILES string of the molecule is Brc1cccc(-c2cc(-c3ccccc3)nc(-c3ccccc3)n2)c1.C.OB(O)c1ccc2c(c1)C(c1ccccc1)(c1ccccc1)c1ccccc1-2.c1ccc(-c2cc(-c3cccc(-c4ccc5c(c4)C(c4ccccc4)(c4ccccc4)c4ccccc4-5)c3)nc(-c3ccccc3)n2)cc1. The second-order valence-electron chi connectivity index (χ2n) is 25.5. The van der Waals surface area contributed by atoms with Gasteiger partial charge in [0.05, 0.1) is 33.6 Å². The molecule has 492 valence electrons. The largest absolute Gasteiger partial charge is 0.488 e. The molecule has 0 saturated carbocycles. The Labute approximate surface area is 611 Å². The Balaban J connectivity index is 0.000000135. The van der Waals surface area contributed by atoms with Gasteiger partial charge in [0.15, 0.2) is 11.6 Å². The van der Waals surface area contributed by atoms with E-state index in [1.807, 2.05) is 115 Å². The van der Waals surface area contributed by atoms with Crippen LogP contribution in [0.3, 0.4) is 0 Å². The molecule has 8 heteroatoms. The molecular weight excluding hydrogens is 1320 g/mol. The number of rotatable bonds is 12. The molecule has 0 atom stereocenters. The van der Waals surface area contributed by atoms with Gasteiger partial charge in [-0.15, -0.1) is 0 Å². The Morgan fingerprint density at radius 3 is 0.942 bits per heavy atom. The zero-order valence-electron chi connectivity index (χ0n) is 55.6. The van der Waals surface area contributed by atoms with Crippen molar-refractivity contribution in [1.29, 1.82) is 0 Å². The molecule has 16 aromatic rings. The quantitative estimate of drug-likeness (QED) is 0.118. The lowest BCUT2D eigenvalue weighted by Gasteiger charge is -2.34. The van der Waals surface area contributed by atoms with Gasteiger partial charge in [0.1, 0.15) is 0 Å². The summed E-state index contributed by atoms with van der Waals surface area (Å²) in [6.07, 6.45) is 0. The third kappa shape index (κ3) is 12.9. The van der Waals surface area contributed by atoms with Crippen LogP contribution in [0.25, 0.3) is 101 Å². The monoisotopic (exact) mass is 1390 g/mol. The highest BCUT2D eigenvalue weighted by molar-refractivity contribution is 9.10. The van der Waals surface area contributed by atoms with Gasteiger partial charge in [0.25, 0.3) is 0 Å². The van der Waals surface area contributed by atoms with Gasteiger partial charge in [-0.05, 0) is 120 Å². The van der Waals surface area contributed by atoms with Crippen LogP contribution in [0.1, 0.15) is 51.9 Å². The predicted octanol–water partition coefficient (Wildman–Crippen LogP) is 22.1. The second-order valence-corrected chi connectivity index (χ2v) is 26.4. The minimum absolute atomic E-state index is 0. The Hall–Kier alpha value is -12.3.